The first kappa shape index (κ1) is 16.1. The molecule has 5 nitrogen and oxygen atoms in total. The molecule has 0 bridgehead atoms. The van der Waals surface area contributed by atoms with Crippen LogP contribution in [0.5, 0.6) is 0 Å². The summed E-state index contributed by atoms with van der Waals surface area (Å²) in [6, 6.07) is 13.2. The molecule has 2 aromatic rings. The molecule has 0 saturated carbocycles. The van der Waals surface area contributed by atoms with E-state index < -0.39 is 0 Å². The summed E-state index contributed by atoms with van der Waals surface area (Å²) in [7, 11) is 0. The van der Waals surface area contributed by atoms with Crippen molar-refractivity contribution in [3.05, 3.63) is 53.8 Å². The van der Waals surface area contributed by atoms with Crippen LogP contribution in [0.15, 0.2) is 57.6 Å². The van der Waals surface area contributed by atoms with Crippen LogP contribution in [0.2, 0.25) is 0 Å². The van der Waals surface area contributed by atoms with Gasteiger partial charge >= 0.3 is 0 Å². The molecule has 0 unspecified atom stereocenters. The van der Waals surface area contributed by atoms with E-state index in [1.807, 2.05) is 49.4 Å². The Morgan fingerprint density at radius 2 is 1.83 bits per heavy atom. The molecule has 124 valence electrons. The van der Waals surface area contributed by atoms with Crippen LogP contribution in [0.25, 0.3) is 6.08 Å². The standard InChI is InChI=1S/C19H21N3O2/c1-4-21(5-2)18-12-11-16(24-18)13-17-14(3)20-22(19(17)23)15-9-7-6-8-10-15/h6-13H,4-5H2,1-3H3. The number of nitrogens with zero attached hydrogens (tertiary/aromatic N) is 3. The number of carbonyl (C=O) groups is 1. The fraction of sp³-hybridized carbons (Fsp3) is 0.263. The topological polar surface area (TPSA) is 49.1 Å². The molecule has 1 amide bonds. The predicted molar refractivity (Wildman–Crippen MR) is 97.3 cm³/mol. The average Bonchev–Trinajstić information content (AvgIpc) is 3.17. The molecule has 1 aliphatic rings. The summed E-state index contributed by atoms with van der Waals surface area (Å²) < 4.78 is 5.85. The van der Waals surface area contributed by atoms with Crippen molar-refractivity contribution in [3.8, 4) is 0 Å². The molecule has 5 heteroatoms. The lowest BCUT2D eigenvalue weighted by atomic mass is 10.1. The zero-order valence-electron chi connectivity index (χ0n) is 14.2. The summed E-state index contributed by atoms with van der Waals surface area (Å²) in [5, 5.41) is 5.80. The number of hydrogen-bond donors (Lipinski definition) is 0. The molecule has 1 aromatic carbocycles. The van der Waals surface area contributed by atoms with E-state index in [2.05, 4.69) is 23.8 Å². The molecule has 1 aromatic heterocycles. The van der Waals surface area contributed by atoms with Crippen molar-refractivity contribution in [3.63, 3.8) is 0 Å². The van der Waals surface area contributed by atoms with Crippen LogP contribution in [-0.2, 0) is 4.79 Å². The van der Waals surface area contributed by atoms with Gasteiger partial charge in [0.2, 0.25) is 0 Å². The molecule has 1 aliphatic heterocycles. The van der Waals surface area contributed by atoms with E-state index >= 15 is 0 Å². The molecule has 3 rings (SSSR count). The van der Waals surface area contributed by atoms with Gasteiger partial charge in [0, 0.05) is 19.2 Å². The van der Waals surface area contributed by atoms with Gasteiger partial charge in [0.1, 0.15) is 5.76 Å². The average molecular weight is 323 g/mol. The highest BCUT2D eigenvalue weighted by Crippen LogP contribution is 2.26. The lowest BCUT2D eigenvalue weighted by Crippen LogP contribution is -2.21. The second-order valence-electron chi connectivity index (χ2n) is 5.54. The Labute approximate surface area is 141 Å². The van der Waals surface area contributed by atoms with Crippen LogP contribution in [-0.4, -0.2) is 24.7 Å². The number of benzene rings is 1. The van der Waals surface area contributed by atoms with Gasteiger partial charge in [-0.2, -0.15) is 10.1 Å². The van der Waals surface area contributed by atoms with Gasteiger partial charge in [-0.05, 0) is 45.0 Å². The summed E-state index contributed by atoms with van der Waals surface area (Å²) in [5.74, 6) is 1.33. The van der Waals surface area contributed by atoms with Gasteiger partial charge in [-0.25, -0.2) is 0 Å². The first-order chi connectivity index (χ1) is 11.6. The first-order valence-corrected chi connectivity index (χ1v) is 8.15. The number of hydrogen-bond acceptors (Lipinski definition) is 4. The third kappa shape index (κ3) is 2.97. The van der Waals surface area contributed by atoms with Gasteiger partial charge in [0.25, 0.3) is 5.91 Å². The van der Waals surface area contributed by atoms with Crippen molar-refractivity contribution in [2.75, 3.05) is 23.0 Å². The van der Waals surface area contributed by atoms with Gasteiger partial charge in [0.05, 0.1) is 17.0 Å². The lowest BCUT2D eigenvalue weighted by Gasteiger charge is -2.16. The van der Waals surface area contributed by atoms with Crippen molar-refractivity contribution in [1.29, 1.82) is 0 Å². The zero-order valence-corrected chi connectivity index (χ0v) is 14.2. The fourth-order valence-corrected chi connectivity index (χ4v) is 2.70. The van der Waals surface area contributed by atoms with E-state index in [4.69, 9.17) is 4.42 Å². The van der Waals surface area contributed by atoms with Gasteiger partial charge in [-0.3, -0.25) is 4.79 Å². The van der Waals surface area contributed by atoms with E-state index in [9.17, 15) is 4.79 Å². The monoisotopic (exact) mass is 323 g/mol. The Morgan fingerprint density at radius 3 is 2.50 bits per heavy atom. The number of para-hydroxylation sites is 1. The van der Waals surface area contributed by atoms with Crippen molar-refractivity contribution in [2.24, 2.45) is 5.10 Å². The number of hydrazone groups is 1. The molecular weight excluding hydrogens is 302 g/mol. The highest BCUT2D eigenvalue weighted by Gasteiger charge is 2.28. The summed E-state index contributed by atoms with van der Waals surface area (Å²) >= 11 is 0. The highest BCUT2D eigenvalue weighted by atomic mass is 16.4. The quantitative estimate of drug-likeness (QED) is 0.783. The minimum Gasteiger partial charge on any atom is -0.441 e. The maximum atomic E-state index is 12.7. The van der Waals surface area contributed by atoms with Crippen LogP contribution in [0.3, 0.4) is 0 Å². The summed E-state index contributed by atoms with van der Waals surface area (Å²) in [4.78, 5) is 14.8. The van der Waals surface area contributed by atoms with Crippen LogP contribution in [0.1, 0.15) is 26.5 Å². The predicted octanol–water partition coefficient (Wildman–Crippen LogP) is 3.93. The Morgan fingerprint density at radius 1 is 1.12 bits per heavy atom. The largest absolute Gasteiger partial charge is 0.441 e. The minimum absolute atomic E-state index is 0.139. The lowest BCUT2D eigenvalue weighted by molar-refractivity contribution is -0.114. The van der Waals surface area contributed by atoms with Crippen molar-refractivity contribution in [2.45, 2.75) is 20.8 Å². The molecule has 24 heavy (non-hydrogen) atoms. The molecule has 0 aliphatic carbocycles. The second-order valence-corrected chi connectivity index (χ2v) is 5.54. The molecule has 0 fully saturated rings. The molecule has 0 atom stereocenters. The first-order valence-electron chi connectivity index (χ1n) is 8.15. The molecular formula is C19H21N3O2. The third-order valence-corrected chi connectivity index (χ3v) is 4.04. The Balaban J connectivity index is 1.86. The van der Waals surface area contributed by atoms with E-state index in [0.717, 1.165) is 24.7 Å². The number of rotatable bonds is 5. The van der Waals surface area contributed by atoms with Crippen LogP contribution in [0, 0.1) is 0 Å². The second kappa shape index (κ2) is 6.74. The van der Waals surface area contributed by atoms with Gasteiger partial charge in [0.15, 0.2) is 5.88 Å². The van der Waals surface area contributed by atoms with E-state index in [1.54, 1.807) is 6.08 Å². The SMILES string of the molecule is CCN(CC)c1ccc(C=C2C(=O)N(c3ccccc3)N=C2C)o1. The van der Waals surface area contributed by atoms with Crippen LogP contribution < -0.4 is 9.91 Å². The molecule has 0 spiro atoms. The Bertz CT molecular complexity index is 786. The van der Waals surface area contributed by atoms with E-state index in [0.29, 0.717) is 17.0 Å². The van der Waals surface area contributed by atoms with Crippen molar-refractivity contribution >= 4 is 29.3 Å². The van der Waals surface area contributed by atoms with Crippen molar-refractivity contribution in [1.82, 2.24) is 0 Å². The molecule has 0 saturated heterocycles. The minimum atomic E-state index is -0.139. The zero-order chi connectivity index (χ0) is 17.1. The molecule has 0 radical (unpaired) electrons. The molecule has 2 heterocycles. The summed E-state index contributed by atoms with van der Waals surface area (Å²) in [6.45, 7) is 7.75. The van der Waals surface area contributed by atoms with E-state index in [-0.39, 0.29) is 5.91 Å². The highest BCUT2D eigenvalue weighted by molar-refractivity contribution is 6.32. The third-order valence-electron chi connectivity index (χ3n) is 4.04. The van der Waals surface area contributed by atoms with Gasteiger partial charge in [-0.1, -0.05) is 18.2 Å². The van der Waals surface area contributed by atoms with Crippen molar-refractivity contribution < 1.29 is 9.21 Å². The summed E-state index contributed by atoms with van der Waals surface area (Å²) in [5.41, 5.74) is 2.00. The smallest absolute Gasteiger partial charge is 0.280 e. The number of anilines is 2. The fourth-order valence-electron chi connectivity index (χ4n) is 2.70. The number of furan rings is 1. The molecule has 0 N–H and O–H groups in total. The van der Waals surface area contributed by atoms with E-state index in [1.165, 1.54) is 5.01 Å². The Kier molecular flexibility index (Phi) is 4.51. The van der Waals surface area contributed by atoms with Gasteiger partial charge in [-0.15, -0.1) is 0 Å². The number of amides is 1. The maximum Gasteiger partial charge on any atom is 0.280 e. The number of carbonyl (C=O) groups excluding carboxylic acids is 1. The van der Waals surface area contributed by atoms with Crippen LogP contribution >= 0.6 is 0 Å². The Hall–Kier alpha value is -2.82. The van der Waals surface area contributed by atoms with Crippen LogP contribution in [0.4, 0.5) is 11.6 Å². The van der Waals surface area contributed by atoms with Gasteiger partial charge < -0.3 is 9.32 Å². The maximum absolute atomic E-state index is 12.7. The summed E-state index contributed by atoms with van der Waals surface area (Å²) in [6.07, 6.45) is 1.76. The normalized spacial score (nSPS) is 16.0.